The number of carboxylic acid groups (broad SMARTS) is 1. The van der Waals surface area contributed by atoms with Crippen molar-refractivity contribution in [3.63, 3.8) is 0 Å². The Balaban J connectivity index is 2.13. The van der Waals surface area contributed by atoms with Crippen LogP contribution in [0.5, 0.6) is 0 Å². The van der Waals surface area contributed by atoms with Gasteiger partial charge in [-0.15, -0.1) is 0 Å². The zero-order chi connectivity index (χ0) is 17.3. The SMILES string of the molecule is CN(C)C1(C(=O)O)c2cc(C=O)ccc2CN1Cc1ccccc1. The zero-order valence-corrected chi connectivity index (χ0v) is 13.8. The van der Waals surface area contributed by atoms with Crippen LogP contribution < -0.4 is 0 Å². The minimum absolute atomic E-state index is 0.489. The van der Waals surface area contributed by atoms with Crippen molar-refractivity contribution in [3.05, 3.63) is 70.8 Å². The van der Waals surface area contributed by atoms with Gasteiger partial charge in [0.15, 0.2) is 0 Å². The molecular formula is C19H20N2O3. The Bertz CT molecular complexity index is 773. The fourth-order valence-electron chi connectivity index (χ4n) is 3.56. The second kappa shape index (κ2) is 6.19. The molecule has 1 heterocycles. The minimum Gasteiger partial charge on any atom is -0.479 e. The standard InChI is InChI=1S/C19H20N2O3/c1-20(2)19(18(23)24)17-10-15(13-22)8-9-16(17)12-21(19)11-14-6-4-3-5-7-14/h3-10,13H,11-12H2,1-2H3,(H,23,24). The smallest absolute Gasteiger partial charge is 0.344 e. The van der Waals surface area contributed by atoms with Gasteiger partial charge in [-0.3, -0.25) is 14.6 Å². The third-order valence-electron chi connectivity index (χ3n) is 4.63. The average molecular weight is 324 g/mol. The van der Waals surface area contributed by atoms with Gasteiger partial charge < -0.3 is 5.11 Å². The van der Waals surface area contributed by atoms with Crippen molar-refractivity contribution < 1.29 is 14.7 Å². The summed E-state index contributed by atoms with van der Waals surface area (Å²) in [6, 6.07) is 15.1. The molecule has 24 heavy (non-hydrogen) atoms. The molecule has 1 aliphatic heterocycles. The summed E-state index contributed by atoms with van der Waals surface area (Å²) in [6.45, 7) is 1.03. The van der Waals surface area contributed by atoms with E-state index < -0.39 is 11.6 Å². The molecule has 0 aromatic heterocycles. The molecule has 0 spiro atoms. The molecule has 0 saturated heterocycles. The van der Waals surface area contributed by atoms with Gasteiger partial charge >= 0.3 is 5.97 Å². The maximum absolute atomic E-state index is 12.4. The van der Waals surface area contributed by atoms with E-state index in [1.54, 1.807) is 31.1 Å². The predicted molar refractivity (Wildman–Crippen MR) is 90.5 cm³/mol. The van der Waals surface area contributed by atoms with Crippen molar-refractivity contribution in [1.82, 2.24) is 9.80 Å². The van der Waals surface area contributed by atoms with Gasteiger partial charge in [-0.05, 0) is 31.3 Å². The first-order valence-electron chi connectivity index (χ1n) is 7.78. The van der Waals surface area contributed by atoms with Gasteiger partial charge in [-0.1, -0.05) is 42.5 Å². The van der Waals surface area contributed by atoms with E-state index in [0.29, 0.717) is 24.2 Å². The van der Waals surface area contributed by atoms with Gasteiger partial charge in [-0.25, -0.2) is 4.79 Å². The molecule has 0 fully saturated rings. The molecule has 5 heteroatoms. The number of hydrogen-bond donors (Lipinski definition) is 1. The Labute approximate surface area is 141 Å². The second-order valence-electron chi connectivity index (χ2n) is 6.25. The van der Waals surface area contributed by atoms with Gasteiger partial charge in [-0.2, -0.15) is 0 Å². The first-order chi connectivity index (χ1) is 11.5. The Morgan fingerprint density at radius 1 is 1.25 bits per heavy atom. The molecule has 0 radical (unpaired) electrons. The quantitative estimate of drug-likeness (QED) is 0.855. The van der Waals surface area contributed by atoms with Crippen molar-refractivity contribution in [1.29, 1.82) is 0 Å². The molecule has 5 nitrogen and oxygen atoms in total. The number of carboxylic acids is 1. The molecule has 1 atom stereocenters. The third kappa shape index (κ3) is 2.42. The fourth-order valence-corrected chi connectivity index (χ4v) is 3.56. The number of carbonyl (C=O) groups is 2. The summed E-state index contributed by atoms with van der Waals surface area (Å²) in [5.41, 5.74) is 1.86. The monoisotopic (exact) mass is 324 g/mol. The van der Waals surface area contributed by atoms with Gasteiger partial charge in [0.05, 0.1) is 0 Å². The van der Waals surface area contributed by atoms with Crippen LogP contribution in [0.2, 0.25) is 0 Å². The highest BCUT2D eigenvalue weighted by atomic mass is 16.4. The Morgan fingerprint density at radius 3 is 2.54 bits per heavy atom. The first kappa shape index (κ1) is 16.4. The Hall–Kier alpha value is -2.50. The summed E-state index contributed by atoms with van der Waals surface area (Å²) in [4.78, 5) is 27.2. The number of rotatable bonds is 5. The molecule has 0 amide bonds. The van der Waals surface area contributed by atoms with Crippen LogP contribution in [-0.2, 0) is 23.5 Å². The number of likely N-dealkylation sites (N-methyl/N-ethyl adjacent to an activating group) is 1. The van der Waals surface area contributed by atoms with Crippen molar-refractivity contribution in [2.75, 3.05) is 14.1 Å². The predicted octanol–water partition coefficient (Wildman–Crippen LogP) is 2.31. The van der Waals surface area contributed by atoms with Crippen LogP contribution in [0.15, 0.2) is 48.5 Å². The van der Waals surface area contributed by atoms with Crippen molar-refractivity contribution in [2.45, 2.75) is 18.8 Å². The number of aliphatic carboxylic acids is 1. The van der Waals surface area contributed by atoms with E-state index in [1.807, 2.05) is 41.3 Å². The molecule has 2 aromatic carbocycles. The summed E-state index contributed by atoms with van der Waals surface area (Å²) in [5.74, 6) is -0.940. The molecule has 1 N–H and O–H groups in total. The van der Waals surface area contributed by atoms with Crippen molar-refractivity contribution >= 4 is 12.3 Å². The van der Waals surface area contributed by atoms with Crippen LogP contribution in [0.1, 0.15) is 27.0 Å². The van der Waals surface area contributed by atoms with E-state index >= 15 is 0 Å². The van der Waals surface area contributed by atoms with E-state index in [9.17, 15) is 14.7 Å². The third-order valence-corrected chi connectivity index (χ3v) is 4.63. The topological polar surface area (TPSA) is 60.9 Å². The number of fused-ring (bicyclic) bond motifs is 1. The lowest BCUT2D eigenvalue weighted by molar-refractivity contribution is -0.166. The van der Waals surface area contributed by atoms with Gasteiger partial charge in [0.1, 0.15) is 6.29 Å². The zero-order valence-electron chi connectivity index (χ0n) is 13.8. The molecule has 1 unspecified atom stereocenters. The molecule has 3 rings (SSSR count). The summed E-state index contributed by atoms with van der Waals surface area (Å²) in [5, 5.41) is 10.1. The summed E-state index contributed by atoms with van der Waals surface area (Å²) in [7, 11) is 3.52. The number of carbonyl (C=O) groups excluding carboxylic acids is 1. The summed E-state index contributed by atoms with van der Waals surface area (Å²) in [6.07, 6.45) is 0.752. The first-order valence-corrected chi connectivity index (χ1v) is 7.78. The maximum atomic E-state index is 12.4. The van der Waals surface area contributed by atoms with Crippen LogP contribution in [-0.4, -0.2) is 41.3 Å². The van der Waals surface area contributed by atoms with Gasteiger partial charge in [0, 0.05) is 24.2 Å². The largest absolute Gasteiger partial charge is 0.479 e. The molecule has 124 valence electrons. The van der Waals surface area contributed by atoms with E-state index in [0.717, 1.165) is 17.4 Å². The van der Waals surface area contributed by atoms with E-state index in [4.69, 9.17) is 0 Å². The Kier molecular flexibility index (Phi) is 4.22. The summed E-state index contributed by atoms with van der Waals surface area (Å²) < 4.78 is 0. The molecule has 2 aromatic rings. The lowest BCUT2D eigenvalue weighted by atomic mass is 9.95. The maximum Gasteiger partial charge on any atom is 0.344 e. The van der Waals surface area contributed by atoms with Gasteiger partial charge in [0.25, 0.3) is 0 Å². The lowest BCUT2D eigenvalue weighted by Crippen LogP contribution is -2.57. The van der Waals surface area contributed by atoms with Crippen LogP contribution in [0.4, 0.5) is 0 Å². The molecular weight excluding hydrogens is 304 g/mol. The molecule has 0 bridgehead atoms. The van der Waals surface area contributed by atoms with Crippen LogP contribution in [0, 0.1) is 0 Å². The minimum atomic E-state index is -1.29. The number of hydrogen-bond acceptors (Lipinski definition) is 4. The van der Waals surface area contributed by atoms with Crippen LogP contribution in [0.3, 0.4) is 0 Å². The van der Waals surface area contributed by atoms with Crippen molar-refractivity contribution in [2.24, 2.45) is 0 Å². The summed E-state index contributed by atoms with van der Waals surface area (Å²) >= 11 is 0. The molecule has 0 aliphatic carbocycles. The lowest BCUT2D eigenvalue weighted by Gasteiger charge is -2.40. The number of aldehydes is 1. The van der Waals surface area contributed by atoms with E-state index in [1.165, 1.54) is 0 Å². The highest BCUT2D eigenvalue weighted by Gasteiger charge is 2.53. The normalized spacial score (nSPS) is 20.1. The average Bonchev–Trinajstić information content (AvgIpc) is 2.89. The number of benzene rings is 2. The molecule has 0 saturated carbocycles. The van der Waals surface area contributed by atoms with Crippen LogP contribution >= 0.6 is 0 Å². The van der Waals surface area contributed by atoms with Gasteiger partial charge in [0.2, 0.25) is 5.66 Å². The second-order valence-corrected chi connectivity index (χ2v) is 6.25. The highest BCUT2D eigenvalue weighted by molar-refractivity contribution is 5.84. The van der Waals surface area contributed by atoms with Crippen LogP contribution in [0.25, 0.3) is 0 Å². The van der Waals surface area contributed by atoms with E-state index in [2.05, 4.69) is 0 Å². The highest BCUT2D eigenvalue weighted by Crippen LogP contribution is 2.42. The number of nitrogens with zero attached hydrogens (tertiary/aromatic N) is 2. The fraction of sp³-hybridized carbons (Fsp3) is 0.263. The molecule has 1 aliphatic rings. The Morgan fingerprint density at radius 2 is 1.96 bits per heavy atom. The van der Waals surface area contributed by atoms with E-state index in [-0.39, 0.29) is 0 Å². The van der Waals surface area contributed by atoms with Crippen molar-refractivity contribution in [3.8, 4) is 0 Å².